The van der Waals surface area contributed by atoms with Gasteiger partial charge in [-0.05, 0) is 12.1 Å². The van der Waals surface area contributed by atoms with Crippen LogP contribution in [-0.4, -0.2) is 8.76 Å². The van der Waals surface area contributed by atoms with Crippen LogP contribution in [0, 0.1) is 11.6 Å². The standard InChI is InChI=1S/C7H6F2O2S.Na/c8-6-2-1-3-7(9)5(6)4-12(10)11;/h1-3H,4H2,(H,10,11);/q;+1/p-1. The summed E-state index contributed by atoms with van der Waals surface area (Å²) in [5, 5.41) is 0. The third kappa shape index (κ3) is 3.83. The number of hydrogen-bond acceptors (Lipinski definition) is 2. The van der Waals surface area contributed by atoms with Gasteiger partial charge in [-0.1, -0.05) is 17.1 Å². The normalized spacial score (nSPS) is 11.9. The fourth-order valence-corrected chi connectivity index (χ4v) is 1.30. The second-order valence-corrected chi connectivity index (χ2v) is 3.04. The van der Waals surface area contributed by atoms with Crippen LogP contribution in [0.5, 0.6) is 0 Å². The number of halogens is 2. The zero-order chi connectivity index (χ0) is 9.14. The van der Waals surface area contributed by atoms with Crippen molar-refractivity contribution in [2.24, 2.45) is 0 Å². The van der Waals surface area contributed by atoms with Gasteiger partial charge in [0.25, 0.3) is 0 Å². The van der Waals surface area contributed by atoms with E-state index in [2.05, 4.69) is 0 Å². The molecule has 0 bridgehead atoms. The summed E-state index contributed by atoms with van der Waals surface area (Å²) >= 11 is -2.47. The van der Waals surface area contributed by atoms with Gasteiger partial charge >= 0.3 is 29.6 Å². The molecular formula is C7H5F2NaO2S. The maximum Gasteiger partial charge on any atom is 1.00 e. The van der Waals surface area contributed by atoms with Crippen LogP contribution in [0.15, 0.2) is 18.2 Å². The van der Waals surface area contributed by atoms with Crippen molar-refractivity contribution in [2.75, 3.05) is 0 Å². The predicted octanol–water partition coefficient (Wildman–Crippen LogP) is -1.65. The molecule has 0 radical (unpaired) electrons. The van der Waals surface area contributed by atoms with Crippen LogP contribution >= 0.6 is 0 Å². The van der Waals surface area contributed by atoms with E-state index in [1.165, 1.54) is 6.07 Å². The van der Waals surface area contributed by atoms with Crippen LogP contribution in [0.2, 0.25) is 0 Å². The Hall–Kier alpha value is 0.190. The molecule has 2 nitrogen and oxygen atoms in total. The monoisotopic (exact) mass is 214 g/mol. The van der Waals surface area contributed by atoms with Gasteiger partial charge in [0, 0.05) is 11.3 Å². The van der Waals surface area contributed by atoms with Gasteiger partial charge in [-0.3, -0.25) is 4.21 Å². The molecule has 1 aromatic rings. The summed E-state index contributed by atoms with van der Waals surface area (Å²) in [5.74, 6) is -2.29. The summed E-state index contributed by atoms with van der Waals surface area (Å²) < 4.78 is 45.7. The van der Waals surface area contributed by atoms with E-state index in [4.69, 9.17) is 0 Å². The molecule has 0 heterocycles. The maximum atomic E-state index is 12.7. The molecule has 6 heteroatoms. The molecule has 0 spiro atoms. The Labute approximate surface area is 98.9 Å². The molecule has 0 aromatic heterocycles. The molecule has 0 fully saturated rings. The molecule has 0 aliphatic rings. The summed E-state index contributed by atoms with van der Waals surface area (Å²) in [6.45, 7) is 0. The second kappa shape index (κ2) is 5.82. The van der Waals surface area contributed by atoms with Crippen LogP contribution in [0.1, 0.15) is 5.56 Å². The van der Waals surface area contributed by atoms with E-state index in [-0.39, 0.29) is 29.6 Å². The van der Waals surface area contributed by atoms with Crippen molar-refractivity contribution in [2.45, 2.75) is 5.75 Å². The van der Waals surface area contributed by atoms with Gasteiger partial charge in [-0.25, -0.2) is 8.78 Å². The Morgan fingerprint density at radius 1 is 1.31 bits per heavy atom. The van der Waals surface area contributed by atoms with Crippen LogP contribution in [-0.2, 0) is 16.8 Å². The summed E-state index contributed by atoms with van der Waals surface area (Å²) in [6, 6.07) is 3.22. The first kappa shape index (κ1) is 13.2. The van der Waals surface area contributed by atoms with E-state index in [9.17, 15) is 17.5 Å². The molecule has 0 saturated carbocycles. The quantitative estimate of drug-likeness (QED) is 0.437. The van der Waals surface area contributed by atoms with Gasteiger partial charge in [-0.15, -0.1) is 0 Å². The van der Waals surface area contributed by atoms with Gasteiger partial charge in [0.2, 0.25) is 0 Å². The summed E-state index contributed by atoms with van der Waals surface area (Å²) in [6.07, 6.45) is 0. The van der Waals surface area contributed by atoms with Crippen LogP contribution in [0.4, 0.5) is 8.78 Å². The molecule has 1 aromatic carbocycles. The van der Waals surface area contributed by atoms with Gasteiger partial charge in [0.15, 0.2) is 0 Å². The Morgan fingerprint density at radius 2 is 1.77 bits per heavy atom. The van der Waals surface area contributed by atoms with E-state index in [0.29, 0.717) is 0 Å². The summed E-state index contributed by atoms with van der Waals surface area (Å²) in [4.78, 5) is 0. The van der Waals surface area contributed by atoms with E-state index in [1.54, 1.807) is 0 Å². The first-order valence-electron chi connectivity index (χ1n) is 3.10. The molecule has 13 heavy (non-hydrogen) atoms. The van der Waals surface area contributed by atoms with Gasteiger partial charge in [0.1, 0.15) is 11.6 Å². The van der Waals surface area contributed by atoms with Crippen molar-refractivity contribution in [1.82, 2.24) is 0 Å². The van der Waals surface area contributed by atoms with Gasteiger partial charge in [0.05, 0.1) is 0 Å². The zero-order valence-electron chi connectivity index (χ0n) is 6.92. The Morgan fingerprint density at radius 3 is 2.15 bits per heavy atom. The smallest absolute Gasteiger partial charge is 0.772 e. The molecule has 1 unspecified atom stereocenters. The molecule has 0 saturated heterocycles. The summed E-state index contributed by atoms with van der Waals surface area (Å²) in [5.41, 5.74) is -0.411. The average molecular weight is 214 g/mol. The Kier molecular flexibility index (Phi) is 5.91. The third-order valence-corrected chi connectivity index (χ3v) is 1.85. The topological polar surface area (TPSA) is 40.1 Å². The Balaban J connectivity index is 0.00000144. The zero-order valence-corrected chi connectivity index (χ0v) is 9.74. The minimum Gasteiger partial charge on any atom is -0.772 e. The van der Waals surface area contributed by atoms with Crippen LogP contribution in [0.3, 0.4) is 0 Å². The first-order valence-corrected chi connectivity index (χ1v) is 4.34. The SMILES string of the molecule is O=S([O-])Cc1c(F)cccc1F.[Na+]. The molecule has 0 aliphatic heterocycles. The second-order valence-electron chi connectivity index (χ2n) is 2.15. The van der Waals surface area contributed by atoms with Crippen molar-refractivity contribution in [3.8, 4) is 0 Å². The molecule has 0 amide bonds. The average Bonchev–Trinajstić information content (AvgIpc) is 1.97. The molecule has 0 N–H and O–H groups in total. The van der Waals surface area contributed by atoms with E-state index in [1.807, 2.05) is 0 Å². The third-order valence-electron chi connectivity index (χ3n) is 1.32. The van der Waals surface area contributed by atoms with Crippen molar-refractivity contribution in [1.29, 1.82) is 0 Å². The summed E-state index contributed by atoms with van der Waals surface area (Å²) in [7, 11) is 0. The largest absolute Gasteiger partial charge is 1.00 e. The van der Waals surface area contributed by atoms with Gasteiger partial charge in [-0.2, -0.15) is 0 Å². The fourth-order valence-electron chi connectivity index (χ4n) is 0.788. The number of hydrogen-bond donors (Lipinski definition) is 0. The predicted molar refractivity (Wildman–Crippen MR) is 39.0 cm³/mol. The van der Waals surface area contributed by atoms with Crippen molar-refractivity contribution >= 4 is 11.1 Å². The number of benzene rings is 1. The molecule has 0 aliphatic carbocycles. The number of rotatable bonds is 2. The van der Waals surface area contributed by atoms with E-state index >= 15 is 0 Å². The molecule has 1 atom stereocenters. The first-order chi connectivity index (χ1) is 5.61. The van der Waals surface area contributed by atoms with E-state index < -0.39 is 34.0 Å². The van der Waals surface area contributed by atoms with Crippen molar-refractivity contribution < 1.29 is 47.1 Å². The fraction of sp³-hybridized carbons (Fsp3) is 0.143. The van der Waals surface area contributed by atoms with Crippen molar-refractivity contribution in [3.63, 3.8) is 0 Å². The van der Waals surface area contributed by atoms with Gasteiger partial charge < -0.3 is 4.55 Å². The van der Waals surface area contributed by atoms with Crippen molar-refractivity contribution in [3.05, 3.63) is 35.4 Å². The molecule has 66 valence electrons. The van der Waals surface area contributed by atoms with E-state index in [0.717, 1.165) is 12.1 Å². The minimum absolute atomic E-state index is 0. The van der Waals surface area contributed by atoms with Crippen LogP contribution in [0.25, 0.3) is 0 Å². The molecule has 1 rings (SSSR count). The maximum absolute atomic E-state index is 12.7. The van der Waals surface area contributed by atoms with Crippen LogP contribution < -0.4 is 29.6 Å². The minimum atomic E-state index is -2.47. The Bertz CT molecular complexity index is 299. The molecular weight excluding hydrogens is 209 g/mol.